The Balaban J connectivity index is 1.35. The summed E-state index contributed by atoms with van der Waals surface area (Å²) in [5.41, 5.74) is 2.18. The van der Waals surface area contributed by atoms with Gasteiger partial charge in [-0.05, 0) is 68.5 Å². The second-order valence-electron chi connectivity index (χ2n) is 9.12. The number of piperidine rings is 1. The topological polar surface area (TPSA) is 38.1 Å². The lowest BCUT2D eigenvalue weighted by atomic mass is 9.89. The van der Waals surface area contributed by atoms with Gasteiger partial charge in [-0.2, -0.15) is 0 Å². The Morgan fingerprint density at radius 1 is 1.12 bits per heavy atom. The summed E-state index contributed by atoms with van der Waals surface area (Å²) >= 11 is 12.6. The van der Waals surface area contributed by atoms with E-state index in [1.807, 2.05) is 11.6 Å². The van der Waals surface area contributed by atoms with E-state index in [0.29, 0.717) is 45.7 Å². The highest BCUT2D eigenvalue weighted by Gasteiger charge is 2.32. The van der Waals surface area contributed by atoms with Crippen LogP contribution in [-0.2, 0) is 13.5 Å². The average molecular weight is 474 g/mol. The van der Waals surface area contributed by atoms with Gasteiger partial charge in [0.15, 0.2) is 5.78 Å². The third kappa shape index (κ3) is 4.30. The molecule has 2 aliphatic rings. The minimum Gasteiger partial charge on any atom is -0.331 e. The third-order valence-electron chi connectivity index (χ3n) is 6.95. The number of nitrogens with zero attached hydrogens (tertiary/aromatic N) is 3. The fourth-order valence-electron chi connectivity index (χ4n) is 4.83. The van der Waals surface area contributed by atoms with Gasteiger partial charge in [-0.25, -0.2) is 9.37 Å². The normalized spacial score (nSPS) is 17.9. The van der Waals surface area contributed by atoms with E-state index >= 15 is 0 Å². The lowest BCUT2D eigenvalue weighted by Gasteiger charge is -2.31. The lowest BCUT2D eigenvalue weighted by molar-refractivity contribution is 0.0921. The maximum absolute atomic E-state index is 14.9. The van der Waals surface area contributed by atoms with Crippen molar-refractivity contribution < 1.29 is 9.18 Å². The Kier molecular flexibility index (Phi) is 5.99. The Bertz CT molecular complexity index is 1160. The second-order valence-corrected chi connectivity index (χ2v) is 9.94. The zero-order valence-corrected chi connectivity index (χ0v) is 19.6. The van der Waals surface area contributed by atoms with Gasteiger partial charge in [-0.15, -0.1) is 0 Å². The van der Waals surface area contributed by atoms with Crippen LogP contribution in [0.4, 0.5) is 4.39 Å². The predicted molar refractivity (Wildman–Crippen MR) is 126 cm³/mol. The number of Topliss-reactive ketones (excluding diaryl/α,β-unsaturated/α-hetero) is 1. The van der Waals surface area contributed by atoms with E-state index in [9.17, 15) is 9.18 Å². The molecule has 0 spiro atoms. The summed E-state index contributed by atoms with van der Waals surface area (Å²) in [7, 11) is 1.84. The minimum absolute atomic E-state index is 0.129. The highest BCUT2D eigenvalue weighted by atomic mass is 35.5. The van der Waals surface area contributed by atoms with Crippen molar-refractivity contribution >= 4 is 40.0 Å². The molecule has 0 bridgehead atoms. The van der Waals surface area contributed by atoms with Crippen molar-refractivity contribution in [3.05, 3.63) is 63.1 Å². The van der Waals surface area contributed by atoms with Crippen LogP contribution < -0.4 is 0 Å². The van der Waals surface area contributed by atoms with E-state index in [1.54, 1.807) is 24.3 Å². The molecule has 1 saturated heterocycles. The Morgan fingerprint density at radius 3 is 2.47 bits per heavy atom. The number of ketones is 1. The van der Waals surface area contributed by atoms with Crippen LogP contribution in [0.5, 0.6) is 0 Å². The standard InChI is InChI=1S/C25H26Cl2FN3O/c1-30-23-14-21(28)18(24(32)11-15-7-9-31(10-8-15)16-5-6-16)12-22(23)29-25(30)13-17-19(26)3-2-4-20(17)27/h2-4,12,14-16H,5-11,13H2,1H3. The number of fused-ring (bicyclic) bond motifs is 1. The van der Waals surface area contributed by atoms with Crippen molar-refractivity contribution in [1.82, 2.24) is 14.5 Å². The van der Waals surface area contributed by atoms with E-state index in [2.05, 4.69) is 9.88 Å². The molecule has 2 fully saturated rings. The number of carbonyl (C=O) groups excluding carboxylic acids is 1. The quantitative estimate of drug-likeness (QED) is 0.408. The van der Waals surface area contributed by atoms with Crippen LogP contribution in [0.1, 0.15) is 53.8 Å². The van der Waals surface area contributed by atoms with Crippen molar-refractivity contribution in [3.63, 3.8) is 0 Å². The molecule has 5 rings (SSSR count). The first-order valence-electron chi connectivity index (χ1n) is 11.3. The zero-order valence-electron chi connectivity index (χ0n) is 18.1. The smallest absolute Gasteiger partial charge is 0.166 e. The highest BCUT2D eigenvalue weighted by Crippen LogP contribution is 2.33. The van der Waals surface area contributed by atoms with Gasteiger partial charge in [0.2, 0.25) is 0 Å². The fourth-order valence-corrected chi connectivity index (χ4v) is 5.36. The van der Waals surface area contributed by atoms with Gasteiger partial charge in [0, 0.05) is 42.0 Å². The summed E-state index contributed by atoms with van der Waals surface area (Å²) in [5, 5.41) is 1.14. The molecule has 2 heterocycles. The largest absolute Gasteiger partial charge is 0.331 e. The van der Waals surface area contributed by atoms with Crippen molar-refractivity contribution in [1.29, 1.82) is 0 Å². The summed E-state index contributed by atoms with van der Waals surface area (Å²) in [6.07, 6.45) is 5.47. The van der Waals surface area contributed by atoms with E-state index in [4.69, 9.17) is 23.2 Å². The molecule has 0 radical (unpaired) electrons. The van der Waals surface area contributed by atoms with Gasteiger partial charge in [-0.3, -0.25) is 4.79 Å². The van der Waals surface area contributed by atoms with E-state index in [-0.39, 0.29) is 11.3 Å². The molecule has 1 saturated carbocycles. The summed E-state index contributed by atoms with van der Waals surface area (Å²) in [6, 6.07) is 9.16. The number of benzene rings is 2. The average Bonchev–Trinajstić information content (AvgIpc) is 3.57. The van der Waals surface area contributed by atoms with E-state index in [0.717, 1.165) is 37.5 Å². The number of aryl methyl sites for hydroxylation is 1. The van der Waals surface area contributed by atoms with Gasteiger partial charge in [-0.1, -0.05) is 29.3 Å². The molecule has 1 aliphatic carbocycles. The van der Waals surface area contributed by atoms with Gasteiger partial charge in [0.1, 0.15) is 11.6 Å². The first-order chi connectivity index (χ1) is 15.4. The SMILES string of the molecule is Cn1c(Cc2c(Cl)cccc2Cl)nc2cc(C(=O)CC3CCN(C4CC4)CC3)c(F)cc21. The predicted octanol–water partition coefficient (Wildman–Crippen LogP) is 6.06. The number of likely N-dealkylation sites (tertiary alicyclic amines) is 1. The van der Waals surface area contributed by atoms with Crippen molar-refractivity contribution in [2.45, 2.75) is 44.6 Å². The zero-order chi connectivity index (χ0) is 22.4. The fraction of sp³-hybridized carbons (Fsp3) is 0.440. The Hall–Kier alpha value is -1.95. The summed E-state index contributed by atoms with van der Waals surface area (Å²) in [5.74, 6) is 0.430. The molecule has 0 atom stereocenters. The van der Waals surface area contributed by atoms with E-state index < -0.39 is 5.82 Å². The number of imidazole rings is 1. The van der Waals surface area contributed by atoms with Crippen molar-refractivity contribution in [2.24, 2.45) is 13.0 Å². The number of rotatable bonds is 6. The summed E-state index contributed by atoms with van der Waals surface area (Å²) in [4.78, 5) is 20.2. The number of halogens is 3. The van der Waals surface area contributed by atoms with Crippen LogP contribution in [0.2, 0.25) is 10.0 Å². The molecule has 1 aliphatic heterocycles. The molecule has 32 heavy (non-hydrogen) atoms. The van der Waals surface area contributed by atoms with Crippen LogP contribution in [0, 0.1) is 11.7 Å². The number of carbonyl (C=O) groups is 1. The van der Waals surface area contributed by atoms with Crippen molar-refractivity contribution in [2.75, 3.05) is 13.1 Å². The molecular weight excluding hydrogens is 448 g/mol. The second kappa shape index (κ2) is 8.77. The maximum Gasteiger partial charge on any atom is 0.166 e. The molecule has 0 N–H and O–H groups in total. The number of hydrogen-bond donors (Lipinski definition) is 0. The summed E-state index contributed by atoms with van der Waals surface area (Å²) in [6.45, 7) is 2.11. The van der Waals surface area contributed by atoms with Gasteiger partial charge in [0.05, 0.1) is 16.6 Å². The van der Waals surface area contributed by atoms with E-state index in [1.165, 1.54) is 18.9 Å². The molecule has 4 nitrogen and oxygen atoms in total. The summed E-state index contributed by atoms with van der Waals surface area (Å²) < 4.78 is 16.8. The van der Waals surface area contributed by atoms with Gasteiger partial charge < -0.3 is 9.47 Å². The molecule has 3 aromatic rings. The number of aromatic nitrogens is 2. The molecular formula is C25H26Cl2FN3O. The molecule has 0 unspecified atom stereocenters. The Morgan fingerprint density at radius 2 is 1.81 bits per heavy atom. The third-order valence-corrected chi connectivity index (χ3v) is 7.65. The molecule has 1 aromatic heterocycles. The monoisotopic (exact) mass is 473 g/mol. The van der Waals surface area contributed by atoms with Gasteiger partial charge in [0.25, 0.3) is 0 Å². The molecule has 2 aromatic carbocycles. The molecule has 7 heteroatoms. The van der Waals surface area contributed by atoms with Crippen LogP contribution in [0.25, 0.3) is 11.0 Å². The highest BCUT2D eigenvalue weighted by molar-refractivity contribution is 6.36. The van der Waals surface area contributed by atoms with Crippen LogP contribution in [-0.4, -0.2) is 39.4 Å². The first-order valence-corrected chi connectivity index (χ1v) is 12.0. The molecule has 168 valence electrons. The number of hydrogen-bond acceptors (Lipinski definition) is 3. The molecule has 0 amide bonds. The minimum atomic E-state index is -0.483. The van der Waals surface area contributed by atoms with Crippen LogP contribution in [0.15, 0.2) is 30.3 Å². The van der Waals surface area contributed by atoms with Crippen LogP contribution in [0.3, 0.4) is 0 Å². The Labute approximate surface area is 197 Å². The van der Waals surface area contributed by atoms with Gasteiger partial charge >= 0.3 is 0 Å². The van der Waals surface area contributed by atoms with Crippen molar-refractivity contribution in [3.8, 4) is 0 Å². The van der Waals surface area contributed by atoms with Crippen LogP contribution >= 0.6 is 23.2 Å². The lowest BCUT2D eigenvalue weighted by Crippen LogP contribution is -2.35. The maximum atomic E-state index is 14.9. The first kappa shape index (κ1) is 21.9.